The molecule has 0 atom stereocenters. The standard InChI is InChI=1S/C22H20N2O6S/c1-3-28-16-10-18-17(29-12-30-18)8-14(16)9-19-21(26)24(22(27)31-19)11-20(25)23-15-6-4-13(2)5-7-15/h4-10H,3,11-12H2,1-2H3,(H,23,25)/b19-9+. The van der Waals surface area contributed by atoms with Crippen molar-refractivity contribution in [1.29, 1.82) is 0 Å². The van der Waals surface area contributed by atoms with Gasteiger partial charge in [0, 0.05) is 17.3 Å². The first-order valence-electron chi connectivity index (χ1n) is 9.63. The quantitative estimate of drug-likeness (QED) is 0.683. The SMILES string of the molecule is CCOc1cc2c(cc1/C=C1/SC(=O)N(CC(=O)Nc3ccc(C)cc3)C1=O)OCO2. The topological polar surface area (TPSA) is 94.2 Å². The lowest BCUT2D eigenvalue weighted by Crippen LogP contribution is -2.36. The van der Waals surface area contributed by atoms with Crippen molar-refractivity contribution in [2.45, 2.75) is 13.8 Å². The molecule has 0 saturated carbocycles. The lowest BCUT2D eigenvalue weighted by molar-refractivity contribution is -0.127. The van der Waals surface area contributed by atoms with Crippen LogP contribution in [0.2, 0.25) is 0 Å². The van der Waals surface area contributed by atoms with Crippen molar-refractivity contribution in [3.05, 3.63) is 52.4 Å². The van der Waals surface area contributed by atoms with Gasteiger partial charge in [0.1, 0.15) is 12.3 Å². The van der Waals surface area contributed by atoms with Crippen LogP contribution in [0.1, 0.15) is 18.1 Å². The molecule has 9 heteroatoms. The van der Waals surface area contributed by atoms with Crippen LogP contribution in [0, 0.1) is 6.92 Å². The Morgan fingerprint density at radius 2 is 1.90 bits per heavy atom. The third-order valence-corrected chi connectivity index (χ3v) is 5.51. The molecule has 4 rings (SSSR count). The van der Waals surface area contributed by atoms with Crippen LogP contribution in [0.3, 0.4) is 0 Å². The van der Waals surface area contributed by atoms with Gasteiger partial charge in [0.2, 0.25) is 12.7 Å². The lowest BCUT2D eigenvalue weighted by atomic mass is 10.1. The smallest absolute Gasteiger partial charge is 0.294 e. The molecule has 0 aliphatic carbocycles. The van der Waals surface area contributed by atoms with Crippen molar-refractivity contribution in [2.24, 2.45) is 0 Å². The first-order valence-corrected chi connectivity index (χ1v) is 10.4. The summed E-state index contributed by atoms with van der Waals surface area (Å²) in [5.41, 5.74) is 2.24. The molecule has 3 amide bonds. The van der Waals surface area contributed by atoms with Gasteiger partial charge in [0.05, 0.1) is 11.5 Å². The van der Waals surface area contributed by atoms with Gasteiger partial charge in [-0.2, -0.15) is 0 Å². The lowest BCUT2D eigenvalue weighted by Gasteiger charge is -2.12. The highest BCUT2D eigenvalue weighted by Gasteiger charge is 2.36. The Morgan fingerprint density at radius 3 is 2.61 bits per heavy atom. The third kappa shape index (κ3) is 4.51. The van der Waals surface area contributed by atoms with E-state index in [1.807, 2.05) is 26.0 Å². The fourth-order valence-corrected chi connectivity index (χ4v) is 3.92. The van der Waals surface area contributed by atoms with Gasteiger partial charge in [0.25, 0.3) is 11.1 Å². The molecule has 1 fully saturated rings. The summed E-state index contributed by atoms with van der Waals surface area (Å²) >= 11 is 0.778. The molecule has 0 aromatic heterocycles. The molecule has 31 heavy (non-hydrogen) atoms. The van der Waals surface area contributed by atoms with Crippen molar-refractivity contribution >= 4 is 40.6 Å². The van der Waals surface area contributed by atoms with Crippen molar-refractivity contribution in [1.82, 2.24) is 4.90 Å². The fourth-order valence-electron chi connectivity index (χ4n) is 3.09. The number of nitrogens with one attached hydrogen (secondary N) is 1. The second kappa shape index (κ2) is 8.73. The van der Waals surface area contributed by atoms with Gasteiger partial charge < -0.3 is 19.5 Å². The van der Waals surface area contributed by atoms with E-state index in [1.54, 1.807) is 30.3 Å². The Morgan fingerprint density at radius 1 is 1.19 bits per heavy atom. The van der Waals surface area contributed by atoms with Gasteiger partial charge in [-0.25, -0.2) is 0 Å². The van der Waals surface area contributed by atoms with Gasteiger partial charge in [-0.05, 0) is 49.9 Å². The summed E-state index contributed by atoms with van der Waals surface area (Å²) in [6.45, 7) is 3.94. The highest BCUT2D eigenvalue weighted by Crippen LogP contribution is 2.41. The summed E-state index contributed by atoms with van der Waals surface area (Å²) in [6, 6.07) is 10.6. The maximum Gasteiger partial charge on any atom is 0.294 e. The number of aryl methyl sites for hydroxylation is 1. The predicted octanol–water partition coefficient (Wildman–Crippen LogP) is 3.80. The zero-order chi connectivity index (χ0) is 22.0. The molecule has 1 N–H and O–H groups in total. The van der Waals surface area contributed by atoms with Crippen molar-refractivity contribution < 1.29 is 28.6 Å². The van der Waals surface area contributed by atoms with Gasteiger partial charge >= 0.3 is 0 Å². The van der Waals surface area contributed by atoms with Crippen LogP contribution < -0.4 is 19.5 Å². The number of hydrogen-bond donors (Lipinski definition) is 1. The molecule has 2 heterocycles. The summed E-state index contributed by atoms with van der Waals surface area (Å²) in [7, 11) is 0. The number of benzene rings is 2. The van der Waals surface area contributed by atoms with Crippen LogP contribution in [-0.2, 0) is 9.59 Å². The molecule has 8 nitrogen and oxygen atoms in total. The monoisotopic (exact) mass is 440 g/mol. The largest absolute Gasteiger partial charge is 0.493 e. The third-order valence-electron chi connectivity index (χ3n) is 4.60. The second-order valence-electron chi connectivity index (χ2n) is 6.86. The molecule has 2 aliphatic heterocycles. The number of amides is 3. The highest BCUT2D eigenvalue weighted by molar-refractivity contribution is 8.18. The zero-order valence-electron chi connectivity index (χ0n) is 17.0. The van der Waals surface area contributed by atoms with Gasteiger partial charge in [-0.1, -0.05) is 17.7 Å². The molecule has 2 aromatic rings. The van der Waals surface area contributed by atoms with Gasteiger partial charge in [-0.3, -0.25) is 19.3 Å². The molecule has 2 aliphatic rings. The van der Waals surface area contributed by atoms with E-state index in [2.05, 4.69) is 5.32 Å². The zero-order valence-corrected chi connectivity index (χ0v) is 17.8. The van der Waals surface area contributed by atoms with E-state index in [0.29, 0.717) is 35.1 Å². The Balaban J connectivity index is 1.51. The first-order chi connectivity index (χ1) is 14.9. The van der Waals surface area contributed by atoms with Crippen LogP contribution in [0.4, 0.5) is 10.5 Å². The minimum atomic E-state index is -0.533. The Bertz CT molecular complexity index is 1080. The van der Waals surface area contributed by atoms with E-state index in [1.165, 1.54) is 0 Å². The van der Waals surface area contributed by atoms with Crippen LogP contribution >= 0.6 is 11.8 Å². The average Bonchev–Trinajstić information content (AvgIpc) is 3.29. The number of carbonyl (C=O) groups is 3. The normalized spacial score (nSPS) is 16.2. The van der Waals surface area contributed by atoms with Crippen LogP contribution in [-0.4, -0.2) is 41.9 Å². The maximum absolute atomic E-state index is 12.8. The summed E-state index contributed by atoms with van der Waals surface area (Å²) in [4.78, 5) is 38.6. The van der Waals surface area contributed by atoms with Crippen LogP contribution in [0.25, 0.3) is 6.08 Å². The predicted molar refractivity (Wildman–Crippen MR) is 116 cm³/mol. The van der Waals surface area contributed by atoms with E-state index in [0.717, 1.165) is 22.2 Å². The average molecular weight is 440 g/mol. The molecule has 0 unspecified atom stereocenters. The van der Waals surface area contributed by atoms with E-state index < -0.39 is 17.1 Å². The molecule has 0 bridgehead atoms. The van der Waals surface area contributed by atoms with Crippen LogP contribution in [0.15, 0.2) is 41.3 Å². The van der Waals surface area contributed by atoms with Crippen molar-refractivity contribution in [3.63, 3.8) is 0 Å². The van der Waals surface area contributed by atoms with Gasteiger partial charge in [0.15, 0.2) is 11.5 Å². The van der Waals surface area contributed by atoms with E-state index in [4.69, 9.17) is 14.2 Å². The summed E-state index contributed by atoms with van der Waals surface area (Å²) in [5.74, 6) is 0.614. The molecule has 0 radical (unpaired) electrons. The fraction of sp³-hybridized carbons (Fsp3) is 0.227. The van der Waals surface area contributed by atoms with Crippen molar-refractivity contribution in [2.75, 3.05) is 25.3 Å². The summed E-state index contributed by atoms with van der Waals surface area (Å²) < 4.78 is 16.4. The maximum atomic E-state index is 12.8. The summed E-state index contributed by atoms with van der Waals surface area (Å²) in [6.07, 6.45) is 1.57. The van der Waals surface area contributed by atoms with E-state index in [9.17, 15) is 14.4 Å². The van der Waals surface area contributed by atoms with Crippen LogP contribution in [0.5, 0.6) is 17.2 Å². The minimum Gasteiger partial charge on any atom is -0.493 e. The molecule has 2 aromatic carbocycles. The highest BCUT2D eigenvalue weighted by atomic mass is 32.2. The molecule has 1 saturated heterocycles. The number of rotatable bonds is 6. The second-order valence-corrected chi connectivity index (χ2v) is 7.85. The number of carbonyl (C=O) groups excluding carboxylic acids is 3. The first kappa shape index (κ1) is 20.8. The Hall–Kier alpha value is -3.46. The number of thioether (sulfide) groups is 1. The van der Waals surface area contributed by atoms with E-state index >= 15 is 0 Å². The Kier molecular flexibility index (Phi) is 5.85. The number of imide groups is 1. The number of ether oxygens (including phenoxy) is 3. The summed E-state index contributed by atoms with van der Waals surface area (Å²) in [5, 5.41) is 2.19. The number of anilines is 1. The molecular formula is C22H20N2O6S. The molecular weight excluding hydrogens is 420 g/mol. The number of nitrogens with zero attached hydrogens (tertiary/aromatic N) is 1. The number of hydrogen-bond acceptors (Lipinski definition) is 7. The van der Waals surface area contributed by atoms with Crippen molar-refractivity contribution in [3.8, 4) is 17.2 Å². The number of fused-ring (bicyclic) bond motifs is 1. The Labute approximate surface area is 183 Å². The minimum absolute atomic E-state index is 0.108. The van der Waals surface area contributed by atoms with Gasteiger partial charge in [-0.15, -0.1) is 0 Å². The molecule has 160 valence electrons. The molecule has 0 spiro atoms. The van der Waals surface area contributed by atoms with E-state index in [-0.39, 0.29) is 18.2 Å².